The summed E-state index contributed by atoms with van der Waals surface area (Å²) in [5.74, 6) is 0.145. The van der Waals surface area contributed by atoms with Crippen molar-refractivity contribution in [1.82, 2.24) is 5.43 Å². The third kappa shape index (κ3) is 6.56. The maximum Gasteiger partial charge on any atom is 0.332 e. The van der Waals surface area contributed by atoms with E-state index in [0.717, 1.165) is 44.9 Å². The smallest absolute Gasteiger partial charge is 0.332 e. The van der Waals surface area contributed by atoms with Crippen molar-refractivity contribution in [3.63, 3.8) is 0 Å². The van der Waals surface area contributed by atoms with Crippen molar-refractivity contribution in [2.45, 2.75) is 63.6 Å². The number of carbonyl (C=O) groups is 2. The van der Waals surface area contributed by atoms with Gasteiger partial charge >= 0.3 is 11.9 Å². The lowest BCUT2D eigenvalue weighted by Gasteiger charge is -2.25. The summed E-state index contributed by atoms with van der Waals surface area (Å²) in [6.07, 6.45) is 9.75. The molecule has 1 aromatic carbocycles. The maximum atomic E-state index is 11.9. The molecule has 2 aliphatic heterocycles. The van der Waals surface area contributed by atoms with Crippen LogP contribution >= 0.6 is 0 Å². The summed E-state index contributed by atoms with van der Waals surface area (Å²) in [6, 6.07) is 8.97. The molecule has 29 heavy (non-hydrogen) atoms. The van der Waals surface area contributed by atoms with Crippen LogP contribution in [0.3, 0.4) is 0 Å². The monoisotopic (exact) mass is 402 g/mol. The van der Waals surface area contributed by atoms with Gasteiger partial charge in [0.2, 0.25) is 0 Å². The Labute approximate surface area is 171 Å². The molecule has 7 heteroatoms. The van der Waals surface area contributed by atoms with Crippen molar-refractivity contribution in [3.05, 3.63) is 30.3 Å². The number of hydrogen-bond acceptors (Lipinski definition) is 6. The molecule has 2 N–H and O–H groups in total. The number of carboxylic acid groups (broad SMARTS) is 1. The fourth-order valence-corrected chi connectivity index (χ4v) is 4.31. The number of nitrogens with zero attached hydrogens (tertiary/aromatic N) is 1. The van der Waals surface area contributed by atoms with Crippen molar-refractivity contribution in [1.29, 1.82) is 0 Å². The molecule has 7 nitrogen and oxygen atoms in total. The van der Waals surface area contributed by atoms with Crippen LogP contribution in [0.15, 0.2) is 35.4 Å². The molecule has 0 saturated carbocycles. The largest absolute Gasteiger partial charge is 0.481 e. The van der Waals surface area contributed by atoms with Gasteiger partial charge in [-0.25, -0.2) is 4.79 Å². The molecule has 2 aliphatic rings. The summed E-state index contributed by atoms with van der Waals surface area (Å²) < 4.78 is 11.3. The standard InChI is InChI=1S/C22H30N2O5/c25-21(26)11-7-2-1-6-10-17-18(20-13-12-19(17)29-20)14-23-24-15-22(27)28-16-8-4-3-5-9-16/h3-5,8-9,14,17-20,24H,1-2,6-7,10-13,15H2,(H,25,26). The minimum atomic E-state index is -0.720. The normalized spacial score (nSPS) is 25.4. The number of carbonyl (C=O) groups excluding carboxylic acids is 1. The first-order chi connectivity index (χ1) is 14.1. The summed E-state index contributed by atoms with van der Waals surface area (Å²) in [4.78, 5) is 22.4. The Morgan fingerprint density at radius 3 is 2.69 bits per heavy atom. The highest BCUT2D eigenvalue weighted by molar-refractivity contribution is 5.74. The van der Waals surface area contributed by atoms with E-state index in [1.807, 2.05) is 24.4 Å². The zero-order valence-electron chi connectivity index (χ0n) is 16.7. The number of carboxylic acids is 1. The molecule has 2 fully saturated rings. The number of para-hydroxylation sites is 1. The van der Waals surface area contributed by atoms with Gasteiger partial charge in [-0.05, 0) is 43.7 Å². The van der Waals surface area contributed by atoms with Crippen LogP contribution in [0.5, 0.6) is 5.75 Å². The summed E-state index contributed by atoms with van der Waals surface area (Å²) >= 11 is 0. The highest BCUT2D eigenvalue weighted by atomic mass is 16.5. The van der Waals surface area contributed by atoms with Gasteiger partial charge in [0, 0.05) is 18.6 Å². The molecule has 1 aromatic rings. The van der Waals surface area contributed by atoms with Crippen LogP contribution < -0.4 is 10.2 Å². The van der Waals surface area contributed by atoms with Gasteiger partial charge in [0.15, 0.2) is 0 Å². The Balaban J connectivity index is 1.37. The first-order valence-corrected chi connectivity index (χ1v) is 10.5. The van der Waals surface area contributed by atoms with E-state index in [9.17, 15) is 9.59 Å². The van der Waals surface area contributed by atoms with Gasteiger partial charge < -0.3 is 14.6 Å². The summed E-state index contributed by atoms with van der Waals surface area (Å²) in [5.41, 5.74) is 2.79. The van der Waals surface area contributed by atoms with Crippen molar-refractivity contribution >= 4 is 18.2 Å². The van der Waals surface area contributed by atoms with Gasteiger partial charge in [0.1, 0.15) is 12.3 Å². The van der Waals surface area contributed by atoms with E-state index in [2.05, 4.69) is 10.5 Å². The van der Waals surface area contributed by atoms with Crippen LogP contribution in [-0.4, -0.2) is 42.0 Å². The van der Waals surface area contributed by atoms with Crippen LogP contribution in [0.1, 0.15) is 51.4 Å². The molecule has 4 unspecified atom stereocenters. The molecule has 2 bridgehead atoms. The summed E-state index contributed by atoms with van der Waals surface area (Å²) in [7, 11) is 0. The molecule has 0 amide bonds. The third-order valence-corrected chi connectivity index (χ3v) is 5.70. The fraction of sp³-hybridized carbons (Fsp3) is 0.591. The number of ether oxygens (including phenoxy) is 2. The van der Waals surface area contributed by atoms with Gasteiger partial charge in [-0.1, -0.05) is 37.5 Å². The van der Waals surface area contributed by atoms with E-state index in [0.29, 0.717) is 17.8 Å². The number of benzene rings is 1. The second-order valence-electron chi connectivity index (χ2n) is 7.78. The van der Waals surface area contributed by atoms with Crippen LogP contribution in [0.4, 0.5) is 0 Å². The Bertz CT molecular complexity index is 694. The van der Waals surface area contributed by atoms with E-state index in [1.54, 1.807) is 12.1 Å². The first-order valence-electron chi connectivity index (χ1n) is 10.5. The first kappa shape index (κ1) is 21.3. The number of fused-ring (bicyclic) bond motifs is 2. The van der Waals surface area contributed by atoms with E-state index < -0.39 is 5.97 Å². The quantitative estimate of drug-likeness (QED) is 0.183. The molecule has 2 saturated heterocycles. The van der Waals surface area contributed by atoms with Crippen molar-refractivity contribution in [2.75, 3.05) is 6.54 Å². The van der Waals surface area contributed by atoms with Gasteiger partial charge in [0.05, 0.1) is 12.2 Å². The molecular formula is C22H30N2O5. The maximum absolute atomic E-state index is 11.9. The highest BCUT2D eigenvalue weighted by Crippen LogP contribution is 2.44. The molecule has 2 heterocycles. The van der Waals surface area contributed by atoms with E-state index in [4.69, 9.17) is 14.6 Å². The Morgan fingerprint density at radius 1 is 1.14 bits per heavy atom. The minimum absolute atomic E-state index is 0.0152. The summed E-state index contributed by atoms with van der Waals surface area (Å²) in [5, 5.41) is 13.0. The second kappa shape index (κ2) is 11.0. The van der Waals surface area contributed by atoms with E-state index >= 15 is 0 Å². The van der Waals surface area contributed by atoms with Crippen LogP contribution in [-0.2, 0) is 14.3 Å². The fourth-order valence-electron chi connectivity index (χ4n) is 4.31. The van der Waals surface area contributed by atoms with Gasteiger partial charge in [-0.3, -0.25) is 10.2 Å². The average molecular weight is 402 g/mol. The van der Waals surface area contributed by atoms with E-state index in [-0.39, 0.29) is 31.0 Å². The Morgan fingerprint density at radius 2 is 1.90 bits per heavy atom. The zero-order valence-corrected chi connectivity index (χ0v) is 16.7. The molecule has 0 aliphatic carbocycles. The number of aliphatic carboxylic acids is 1. The minimum Gasteiger partial charge on any atom is -0.481 e. The summed E-state index contributed by atoms with van der Waals surface area (Å²) in [6.45, 7) is 0.0152. The van der Waals surface area contributed by atoms with Crippen LogP contribution in [0, 0.1) is 11.8 Å². The van der Waals surface area contributed by atoms with Gasteiger partial charge in [0.25, 0.3) is 0 Å². The number of unbranched alkanes of at least 4 members (excludes halogenated alkanes) is 3. The second-order valence-corrected chi connectivity index (χ2v) is 7.78. The number of hydrazone groups is 1. The predicted octanol–water partition coefficient (Wildman–Crippen LogP) is 3.39. The lowest BCUT2D eigenvalue weighted by Crippen LogP contribution is -2.30. The number of nitrogens with one attached hydrogen (secondary N) is 1. The van der Waals surface area contributed by atoms with Gasteiger partial charge in [-0.15, -0.1) is 0 Å². The molecular weight excluding hydrogens is 372 g/mol. The Hall–Kier alpha value is -2.41. The zero-order chi connectivity index (χ0) is 20.5. The predicted molar refractivity (Wildman–Crippen MR) is 109 cm³/mol. The lowest BCUT2D eigenvalue weighted by atomic mass is 9.77. The molecule has 3 rings (SSSR count). The topological polar surface area (TPSA) is 97.2 Å². The molecule has 0 radical (unpaired) electrons. The average Bonchev–Trinajstić information content (AvgIpc) is 3.30. The number of rotatable bonds is 12. The van der Waals surface area contributed by atoms with Gasteiger partial charge in [-0.2, -0.15) is 5.10 Å². The third-order valence-electron chi connectivity index (χ3n) is 5.70. The Kier molecular flexibility index (Phi) is 8.04. The number of hydrogen-bond donors (Lipinski definition) is 2. The van der Waals surface area contributed by atoms with Crippen LogP contribution in [0.25, 0.3) is 0 Å². The molecule has 0 aromatic heterocycles. The van der Waals surface area contributed by atoms with Crippen molar-refractivity contribution in [2.24, 2.45) is 16.9 Å². The highest BCUT2D eigenvalue weighted by Gasteiger charge is 2.47. The van der Waals surface area contributed by atoms with E-state index in [1.165, 1.54) is 0 Å². The lowest BCUT2D eigenvalue weighted by molar-refractivity contribution is -0.137. The molecule has 158 valence electrons. The SMILES string of the molecule is O=C(O)CCCCCCC1C2CCC(O2)C1C=NNCC(=O)Oc1ccccc1. The van der Waals surface area contributed by atoms with Crippen molar-refractivity contribution < 1.29 is 24.2 Å². The molecule has 0 spiro atoms. The number of esters is 1. The van der Waals surface area contributed by atoms with Crippen LogP contribution in [0.2, 0.25) is 0 Å². The molecule has 4 atom stereocenters. The van der Waals surface area contributed by atoms with Crippen molar-refractivity contribution in [3.8, 4) is 5.75 Å².